The van der Waals surface area contributed by atoms with Crippen LogP contribution in [0.1, 0.15) is 15.4 Å². The van der Waals surface area contributed by atoms with Crippen molar-refractivity contribution < 1.29 is 13.9 Å². The molecule has 0 N–H and O–H groups in total. The minimum atomic E-state index is 0.0539. The van der Waals surface area contributed by atoms with Crippen LogP contribution in [0.4, 0.5) is 0 Å². The van der Waals surface area contributed by atoms with E-state index >= 15 is 0 Å². The summed E-state index contributed by atoms with van der Waals surface area (Å²) in [7, 11) is 1.59. The Morgan fingerprint density at radius 2 is 2.47 bits per heavy atom. The lowest BCUT2D eigenvalue weighted by Crippen LogP contribution is -1.99. The van der Waals surface area contributed by atoms with Crippen molar-refractivity contribution in [2.45, 2.75) is 6.42 Å². The maximum absolute atomic E-state index is 11.7. The number of hydrogen-bond donors (Lipinski definition) is 0. The fourth-order valence-corrected chi connectivity index (χ4v) is 2.03. The lowest BCUT2D eigenvalue weighted by atomic mass is 10.2. The van der Waals surface area contributed by atoms with Crippen LogP contribution in [-0.4, -0.2) is 12.9 Å². The van der Waals surface area contributed by atoms with Crippen LogP contribution >= 0.6 is 11.3 Å². The van der Waals surface area contributed by atoms with E-state index in [0.29, 0.717) is 17.1 Å². The Hall–Kier alpha value is -1.55. The molecule has 2 heterocycles. The summed E-state index contributed by atoms with van der Waals surface area (Å²) < 4.78 is 10.1. The first-order valence-corrected chi connectivity index (χ1v) is 5.35. The third kappa shape index (κ3) is 2.27. The van der Waals surface area contributed by atoms with Crippen LogP contribution in [0.5, 0.6) is 5.75 Å². The Kier molecular flexibility index (Phi) is 2.87. The van der Waals surface area contributed by atoms with Crippen molar-refractivity contribution in [3.63, 3.8) is 0 Å². The largest absolute Gasteiger partial charge is 0.496 e. The Balaban J connectivity index is 2.08. The number of methoxy groups -OCH3 is 1. The number of Topliss-reactive ketones (excluding diaryl/α,β-unsaturated/α-hetero) is 1. The second-order valence-corrected chi connectivity index (χ2v) is 3.94. The zero-order valence-corrected chi connectivity index (χ0v) is 9.04. The first-order chi connectivity index (χ1) is 7.29. The van der Waals surface area contributed by atoms with E-state index in [2.05, 4.69) is 0 Å². The molecule has 15 heavy (non-hydrogen) atoms. The molecular weight excluding hydrogens is 212 g/mol. The average molecular weight is 222 g/mol. The second-order valence-electron chi connectivity index (χ2n) is 3.03. The molecule has 0 aromatic carbocycles. The summed E-state index contributed by atoms with van der Waals surface area (Å²) in [5.74, 6) is 1.47. The predicted molar refractivity (Wildman–Crippen MR) is 57.6 cm³/mol. The molecule has 0 saturated heterocycles. The van der Waals surface area contributed by atoms with Gasteiger partial charge in [-0.05, 0) is 12.1 Å². The van der Waals surface area contributed by atoms with Crippen molar-refractivity contribution in [3.8, 4) is 5.75 Å². The third-order valence-corrected chi connectivity index (χ3v) is 2.95. The summed E-state index contributed by atoms with van der Waals surface area (Å²) in [6.07, 6.45) is 1.87. The highest BCUT2D eigenvalue weighted by atomic mass is 32.1. The van der Waals surface area contributed by atoms with Gasteiger partial charge in [0.2, 0.25) is 0 Å². The molecule has 0 unspecified atom stereocenters. The van der Waals surface area contributed by atoms with Crippen LogP contribution in [0.3, 0.4) is 0 Å². The van der Waals surface area contributed by atoms with Crippen LogP contribution in [0.15, 0.2) is 34.3 Å². The van der Waals surface area contributed by atoms with E-state index in [4.69, 9.17) is 9.15 Å². The smallest absolute Gasteiger partial charge is 0.180 e. The van der Waals surface area contributed by atoms with Crippen molar-refractivity contribution >= 4 is 17.1 Å². The topological polar surface area (TPSA) is 39.4 Å². The number of furan rings is 1. The Labute approximate surface area is 91.3 Å². The summed E-state index contributed by atoms with van der Waals surface area (Å²) in [6.45, 7) is 0. The molecule has 0 aliphatic carbocycles. The van der Waals surface area contributed by atoms with Gasteiger partial charge in [0.1, 0.15) is 11.5 Å². The van der Waals surface area contributed by atoms with Crippen LogP contribution in [0, 0.1) is 0 Å². The fourth-order valence-electron chi connectivity index (χ4n) is 1.23. The number of carbonyl (C=O) groups excluding carboxylic acids is 1. The van der Waals surface area contributed by atoms with Gasteiger partial charge in [-0.2, -0.15) is 0 Å². The second kappa shape index (κ2) is 4.31. The molecule has 0 fully saturated rings. The van der Waals surface area contributed by atoms with Gasteiger partial charge in [-0.15, -0.1) is 11.3 Å². The van der Waals surface area contributed by atoms with E-state index in [1.165, 1.54) is 11.3 Å². The van der Waals surface area contributed by atoms with E-state index in [-0.39, 0.29) is 5.78 Å². The summed E-state index contributed by atoms with van der Waals surface area (Å²) >= 11 is 1.39. The molecule has 2 aromatic rings. The summed E-state index contributed by atoms with van der Waals surface area (Å²) in [5, 5.41) is 1.81. The summed E-state index contributed by atoms with van der Waals surface area (Å²) in [6, 6.07) is 5.32. The molecule has 0 amide bonds. The summed E-state index contributed by atoms with van der Waals surface area (Å²) in [4.78, 5) is 12.4. The number of thiophene rings is 1. The predicted octanol–water partition coefficient (Wildman–Crippen LogP) is 2.78. The summed E-state index contributed by atoms with van der Waals surface area (Å²) in [5.41, 5.74) is 0. The van der Waals surface area contributed by atoms with Crippen molar-refractivity contribution in [3.05, 3.63) is 40.5 Å². The highest BCUT2D eigenvalue weighted by Crippen LogP contribution is 2.22. The van der Waals surface area contributed by atoms with E-state index in [9.17, 15) is 4.79 Å². The molecular formula is C11H10O3S. The van der Waals surface area contributed by atoms with E-state index in [0.717, 1.165) is 5.75 Å². The molecule has 0 saturated carbocycles. The number of carbonyl (C=O) groups is 1. The standard InChI is InChI=1S/C11H10O3S/c1-13-9-6-11(15-7-9)10(12)5-8-3-2-4-14-8/h2-4,6-7H,5H2,1H3. The molecule has 2 aromatic heterocycles. The lowest BCUT2D eigenvalue weighted by Gasteiger charge is -1.93. The van der Waals surface area contributed by atoms with Crippen LogP contribution < -0.4 is 4.74 Å². The van der Waals surface area contributed by atoms with Crippen LogP contribution in [0.25, 0.3) is 0 Å². The first-order valence-electron chi connectivity index (χ1n) is 4.47. The zero-order chi connectivity index (χ0) is 10.7. The first kappa shape index (κ1) is 9.98. The van der Waals surface area contributed by atoms with E-state index < -0.39 is 0 Å². The molecule has 2 rings (SSSR count). The highest BCUT2D eigenvalue weighted by Gasteiger charge is 2.11. The lowest BCUT2D eigenvalue weighted by molar-refractivity contribution is 0.0990. The van der Waals surface area contributed by atoms with Crippen molar-refractivity contribution in [1.29, 1.82) is 0 Å². The van der Waals surface area contributed by atoms with Gasteiger partial charge in [0.05, 0.1) is 24.7 Å². The molecule has 3 nitrogen and oxygen atoms in total. The van der Waals surface area contributed by atoms with Gasteiger partial charge < -0.3 is 9.15 Å². The quantitative estimate of drug-likeness (QED) is 0.747. The van der Waals surface area contributed by atoms with E-state index in [1.807, 2.05) is 5.38 Å². The Morgan fingerprint density at radius 3 is 3.07 bits per heavy atom. The molecule has 0 bridgehead atoms. The van der Waals surface area contributed by atoms with Gasteiger partial charge in [0, 0.05) is 11.4 Å². The molecule has 0 spiro atoms. The monoisotopic (exact) mass is 222 g/mol. The maximum Gasteiger partial charge on any atom is 0.180 e. The molecule has 0 atom stereocenters. The van der Waals surface area contributed by atoms with Gasteiger partial charge in [0.25, 0.3) is 0 Å². The van der Waals surface area contributed by atoms with Gasteiger partial charge in [0.15, 0.2) is 5.78 Å². The SMILES string of the molecule is COc1csc(C(=O)Cc2ccco2)c1. The number of ether oxygens (including phenoxy) is 1. The van der Waals surface area contributed by atoms with Gasteiger partial charge in [-0.25, -0.2) is 0 Å². The molecule has 78 valence electrons. The zero-order valence-electron chi connectivity index (χ0n) is 8.23. The van der Waals surface area contributed by atoms with Crippen LogP contribution in [-0.2, 0) is 6.42 Å². The number of ketones is 1. The molecule has 0 aliphatic rings. The average Bonchev–Trinajstić information content (AvgIpc) is 2.86. The normalized spacial score (nSPS) is 10.2. The van der Waals surface area contributed by atoms with Crippen LogP contribution in [0.2, 0.25) is 0 Å². The molecule has 0 aliphatic heterocycles. The number of rotatable bonds is 4. The third-order valence-electron chi connectivity index (χ3n) is 2.00. The number of hydrogen-bond acceptors (Lipinski definition) is 4. The fraction of sp³-hybridized carbons (Fsp3) is 0.182. The van der Waals surface area contributed by atoms with Gasteiger partial charge >= 0.3 is 0 Å². The van der Waals surface area contributed by atoms with Crippen molar-refractivity contribution in [1.82, 2.24) is 0 Å². The van der Waals surface area contributed by atoms with E-state index in [1.54, 1.807) is 31.6 Å². The highest BCUT2D eigenvalue weighted by molar-refractivity contribution is 7.12. The maximum atomic E-state index is 11.7. The molecule has 0 radical (unpaired) electrons. The minimum Gasteiger partial charge on any atom is -0.496 e. The molecule has 4 heteroatoms. The minimum absolute atomic E-state index is 0.0539. The van der Waals surface area contributed by atoms with Crippen molar-refractivity contribution in [2.75, 3.05) is 7.11 Å². The van der Waals surface area contributed by atoms with Gasteiger partial charge in [-0.1, -0.05) is 0 Å². The Bertz CT molecular complexity index is 442. The van der Waals surface area contributed by atoms with Gasteiger partial charge in [-0.3, -0.25) is 4.79 Å². The Morgan fingerprint density at radius 1 is 1.60 bits per heavy atom. The van der Waals surface area contributed by atoms with Crippen molar-refractivity contribution in [2.24, 2.45) is 0 Å².